The maximum atomic E-state index is 11.7. The molecule has 0 aliphatic carbocycles. The zero-order valence-corrected chi connectivity index (χ0v) is 13.4. The molecule has 0 fully saturated rings. The van der Waals surface area contributed by atoms with E-state index in [0.29, 0.717) is 5.95 Å². The summed E-state index contributed by atoms with van der Waals surface area (Å²) in [6, 6.07) is 17.8. The highest BCUT2D eigenvalue weighted by atomic mass is 35.5. The third-order valence-electron chi connectivity index (χ3n) is 3.53. The molecule has 5 heteroatoms. The first kappa shape index (κ1) is 15.3. The second kappa shape index (κ2) is 6.67. The lowest BCUT2D eigenvalue weighted by Gasteiger charge is -2.07. The predicted molar refractivity (Wildman–Crippen MR) is 93.1 cm³/mol. The Morgan fingerprint density at radius 1 is 1.13 bits per heavy atom. The van der Waals surface area contributed by atoms with Crippen molar-refractivity contribution in [2.45, 2.75) is 6.92 Å². The van der Waals surface area contributed by atoms with Gasteiger partial charge in [0.1, 0.15) is 5.88 Å². The molecule has 0 spiro atoms. The molecule has 0 unspecified atom stereocenters. The Balaban J connectivity index is 2.10. The van der Waals surface area contributed by atoms with Gasteiger partial charge in [-0.3, -0.25) is 14.7 Å². The molecule has 1 aromatic heterocycles. The molecule has 0 bridgehead atoms. The summed E-state index contributed by atoms with van der Waals surface area (Å²) in [7, 11) is 0. The average molecular weight is 326 g/mol. The smallest absolute Gasteiger partial charge is 0.241 e. The first-order valence-electron chi connectivity index (χ1n) is 7.25. The topological polar surface area (TPSA) is 46.9 Å². The highest BCUT2D eigenvalue weighted by molar-refractivity contribution is 6.28. The van der Waals surface area contributed by atoms with Gasteiger partial charge < -0.3 is 0 Å². The number of hydrogen-bond acceptors (Lipinski definition) is 2. The van der Waals surface area contributed by atoms with Gasteiger partial charge in [-0.2, -0.15) is 0 Å². The van der Waals surface area contributed by atoms with Crippen molar-refractivity contribution >= 4 is 23.5 Å². The molecule has 0 aliphatic rings. The van der Waals surface area contributed by atoms with Crippen molar-refractivity contribution < 1.29 is 4.79 Å². The number of imidazole rings is 1. The number of anilines is 1. The van der Waals surface area contributed by atoms with E-state index in [9.17, 15) is 4.79 Å². The van der Waals surface area contributed by atoms with Gasteiger partial charge in [0, 0.05) is 17.4 Å². The third kappa shape index (κ3) is 3.27. The largest absolute Gasteiger partial charge is 0.295 e. The van der Waals surface area contributed by atoms with Gasteiger partial charge in [-0.15, -0.1) is 11.6 Å². The molecule has 116 valence electrons. The van der Waals surface area contributed by atoms with Crippen LogP contribution in [0.15, 0.2) is 60.8 Å². The standard InChI is InChI=1S/C18H16ClN3O/c1-13-7-5-6-10-15(13)16-12-22(14-8-3-2-4-9-14)18(20-16)21-17(23)11-19/h2-10,12H,11H2,1H3,(H,20,21,23). The number of aryl methyl sites for hydroxylation is 1. The Hall–Kier alpha value is -2.59. The van der Waals surface area contributed by atoms with Crippen LogP contribution in [0.4, 0.5) is 5.95 Å². The van der Waals surface area contributed by atoms with Crippen LogP contribution in [0.1, 0.15) is 5.56 Å². The Kier molecular flexibility index (Phi) is 4.44. The van der Waals surface area contributed by atoms with Crippen LogP contribution in [0.2, 0.25) is 0 Å². The first-order valence-corrected chi connectivity index (χ1v) is 7.79. The number of aromatic nitrogens is 2. The Morgan fingerprint density at radius 2 is 1.83 bits per heavy atom. The molecule has 0 radical (unpaired) electrons. The Bertz CT molecular complexity index is 827. The maximum absolute atomic E-state index is 11.7. The number of amides is 1. The second-order valence-corrected chi connectivity index (χ2v) is 5.42. The van der Waals surface area contributed by atoms with E-state index >= 15 is 0 Å². The lowest BCUT2D eigenvalue weighted by molar-refractivity contribution is -0.114. The molecule has 3 rings (SSSR count). The maximum Gasteiger partial charge on any atom is 0.241 e. The molecule has 1 heterocycles. The van der Waals surface area contributed by atoms with Gasteiger partial charge in [0.2, 0.25) is 11.9 Å². The van der Waals surface area contributed by atoms with Crippen molar-refractivity contribution in [2.75, 3.05) is 11.2 Å². The molecule has 0 aliphatic heterocycles. The minimum atomic E-state index is -0.286. The monoisotopic (exact) mass is 325 g/mol. The van der Waals surface area contributed by atoms with E-state index in [-0.39, 0.29) is 11.8 Å². The fourth-order valence-corrected chi connectivity index (χ4v) is 2.47. The summed E-state index contributed by atoms with van der Waals surface area (Å²) in [5.41, 5.74) is 3.88. The number of carbonyl (C=O) groups is 1. The predicted octanol–water partition coefficient (Wildman–Crippen LogP) is 4.03. The number of benzene rings is 2. The highest BCUT2D eigenvalue weighted by Crippen LogP contribution is 2.26. The number of rotatable bonds is 4. The summed E-state index contributed by atoms with van der Waals surface area (Å²) >= 11 is 5.60. The molecular formula is C18H16ClN3O. The third-order valence-corrected chi connectivity index (χ3v) is 3.78. The average Bonchev–Trinajstić information content (AvgIpc) is 2.99. The van der Waals surface area contributed by atoms with Gasteiger partial charge in [-0.05, 0) is 24.6 Å². The summed E-state index contributed by atoms with van der Waals surface area (Å²) in [4.78, 5) is 16.3. The van der Waals surface area contributed by atoms with Crippen LogP contribution in [0.5, 0.6) is 0 Å². The Labute approximate surface area is 139 Å². The van der Waals surface area contributed by atoms with Gasteiger partial charge in [-0.25, -0.2) is 4.98 Å². The van der Waals surface area contributed by atoms with Crippen LogP contribution in [-0.4, -0.2) is 21.3 Å². The van der Waals surface area contributed by atoms with Crippen molar-refractivity contribution in [3.63, 3.8) is 0 Å². The number of halogens is 1. The van der Waals surface area contributed by atoms with Crippen LogP contribution in [0.3, 0.4) is 0 Å². The fourth-order valence-electron chi connectivity index (χ4n) is 2.40. The number of hydrogen-bond donors (Lipinski definition) is 1. The number of carbonyl (C=O) groups excluding carboxylic acids is 1. The molecule has 3 aromatic rings. The SMILES string of the molecule is Cc1ccccc1-c1cn(-c2ccccc2)c(NC(=O)CCl)n1. The van der Waals surface area contributed by atoms with E-state index in [0.717, 1.165) is 22.5 Å². The zero-order chi connectivity index (χ0) is 16.2. The lowest BCUT2D eigenvalue weighted by atomic mass is 10.1. The van der Waals surface area contributed by atoms with Gasteiger partial charge >= 0.3 is 0 Å². The van der Waals surface area contributed by atoms with E-state index in [1.54, 1.807) is 0 Å². The van der Waals surface area contributed by atoms with Gasteiger partial charge in [0.05, 0.1) is 5.69 Å². The van der Waals surface area contributed by atoms with E-state index < -0.39 is 0 Å². The number of nitrogens with zero attached hydrogens (tertiary/aromatic N) is 2. The van der Waals surface area contributed by atoms with E-state index in [2.05, 4.69) is 10.3 Å². The minimum absolute atomic E-state index is 0.110. The van der Waals surface area contributed by atoms with Crippen LogP contribution in [0, 0.1) is 6.92 Å². The molecule has 0 atom stereocenters. The second-order valence-electron chi connectivity index (χ2n) is 5.15. The highest BCUT2D eigenvalue weighted by Gasteiger charge is 2.14. The summed E-state index contributed by atoms with van der Waals surface area (Å²) in [5, 5.41) is 2.75. The van der Waals surface area contributed by atoms with Crippen molar-refractivity contribution in [3.05, 3.63) is 66.4 Å². The molecule has 2 aromatic carbocycles. The van der Waals surface area contributed by atoms with Gasteiger partial charge in [0.15, 0.2) is 0 Å². The fraction of sp³-hybridized carbons (Fsp3) is 0.111. The molecule has 0 saturated heterocycles. The van der Waals surface area contributed by atoms with Crippen molar-refractivity contribution in [1.29, 1.82) is 0 Å². The molecule has 0 saturated carbocycles. The minimum Gasteiger partial charge on any atom is -0.295 e. The molecule has 23 heavy (non-hydrogen) atoms. The lowest BCUT2D eigenvalue weighted by Crippen LogP contribution is -2.16. The Morgan fingerprint density at radius 3 is 2.52 bits per heavy atom. The van der Waals surface area contributed by atoms with Crippen LogP contribution < -0.4 is 5.32 Å². The van der Waals surface area contributed by atoms with Crippen LogP contribution in [0.25, 0.3) is 16.9 Å². The van der Waals surface area contributed by atoms with E-state index in [4.69, 9.17) is 11.6 Å². The van der Waals surface area contributed by atoms with Crippen molar-refractivity contribution in [2.24, 2.45) is 0 Å². The molecule has 1 amide bonds. The van der Waals surface area contributed by atoms with E-state index in [1.165, 1.54) is 0 Å². The van der Waals surface area contributed by atoms with Gasteiger partial charge in [-0.1, -0.05) is 42.5 Å². The van der Waals surface area contributed by atoms with Crippen LogP contribution in [-0.2, 0) is 4.79 Å². The quantitative estimate of drug-likeness (QED) is 0.736. The van der Waals surface area contributed by atoms with Crippen molar-refractivity contribution in [1.82, 2.24) is 9.55 Å². The molecule has 4 nitrogen and oxygen atoms in total. The zero-order valence-electron chi connectivity index (χ0n) is 12.7. The summed E-state index contributed by atoms with van der Waals surface area (Å²) < 4.78 is 1.85. The number of para-hydroxylation sites is 1. The number of nitrogens with one attached hydrogen (secondary N) is 1. The first-order chi connectivity index (χ1) is 11.2. The van der Waals surface area contributed by atoms with Crippen LogP contribution >= 0.6 is 11.6 Å². The molecule has 1 N–H and O–H groups in total. The number of alkyl halides is 1. The van der Waals surface area contributed by atoms with Crippen molar-refractivity contribution in [3.8, 4) is 16.9 Å². The summed E-state index contributed by atoms with van der Waals surface area (Å²) in [6.45, 7) is 2.04. The normalized spacial score (nSPS) is 10.5. The summed E-state index contributed by atoms with van der Waals surface area (Å²) in [5.74, 6) is 0.0623. The summed E-state index contributed by atoms with van der Waals surface area (Å²) in [6.07, 6.45) is 1.92. The molecular weight excluding hydrogens is 310 g/mol. The van der Waals surface area contributed by atoms with E-state index in [1.807, 2.05) is 72.3 Å². The van der Waals surface area contributed by atoms with Gasteiger partial charge in [0.25, 0.3) is 0 Å².